The number of hydrazine groups is 1. The van der Waals surface area contributed by atoms with Crippen molar-refractivity contribution in [3.05, 3.63) is 45.5 Å². The third kappa shape index (κ3) is 3.99. The summed E-state index contributed by atoms with van der Waals surface area (Å²) in [5, 5.41) is 9.37. The molecule has 0 saturated heterocycles. The molecule has 0 spiro atoms. The number of rotatable bonds is 3. The van der Waals surface area contributed by atoms with Gasteiger partial charge in [-0.05, 0) is 18.4 Å². The van der Waals surface area contributed by atoms with E-state index in [0.29, 0.717) is 0 Å². The van der Waals surface area contributed by atoms with Gasteiger partial charge in [0.15, 0.2) is 5.03 Å². The SMILES string of the molecule is CSC(=NCc1c(F)cccc1F)N[N+](=O)[O-]. The number of halogens is 2. The van der Waals surface area contributed by atoms with E-state index < -0.39 is 16.7 Å². The van der Waals surface area contributed by atoms with Crippen molar-refractivity contribution in [1.82, 2.24) is 5.43 Å². The zero-order chi connectivity index (χ0) is 12.8. The molecule has 1 aromatic carbocycles. The Labute approximate surface area is 100 Å². The summed E-state index contributed by atoms with van der Waals surface area (Å²) in [6.07, 6.45) is 1.56. The van der Waals surface area contributed by atoms with Gasteiger partial charge in [-0.2, -0.15) is 0 Å². The fourth-order valence-corrected chi connectivity index (χ4v) is 1.42. The molecule has 0 aliphatic carbocycles. The Balaban J connectivity index is 2.83. The first-order valence-electron chi connectivity index (χ1n) is 4.47. The van der Waals surface area contributed by atoms with Crippen molar-refractivity contribution in [3.8, 4) is 0 Å². The summed E-state index contributed by atoms with van der Waals surface area (Å²) >= 11 is 0.982. The van der Waals surface area contributed by atoms with Crippen LogP contribution in [-0.4, -0.2) is 16.5 Å². The highest BCUT2D eigenvalue weighted by Crippen LogP contribution is 2.13. The largest absolute Gasteiger partial charge is 0.253 e. The van der Waals surface area contributed by atoms with Crippen LogP contribution < -0.4 is 5.43 Å². The predicted molar refractivity (Wildman–Crippen MR) is 61.1 cm³/mol. The number of benzene rings is 1. The Morgan fingerprint density at radius 2 is 2.12 bits per heavy atom. The number of aliphatic imine (C=N–C) groups is 1. The quantitative estimate of drug-likeness (QED) is 0.391. The van der Waals surface area contributed by atoms with Crippen molar-refractivity contribution in [2.45, 2.75) is 6.54 Å². The molecular weight excluding hydrogens is 252 g/mol. The van der Waals surface area contributed by atoms with E-state index in [1.807, 2.05) is 5.43 Å². The molecule has 0 aromatic heterocycles. The minimum Gasteiger partial charge on any atom is -0.253 e. The number of amidine groups is 1. The first kappa shape index (κ1) is 13.4. The van der Waals surface area contributed by atoms with E-state index in [1.54, 1.807) is 6.26 Å². The average molecular weight is 261 g/mol. The zero-order valence-electron chi connectivity index (χ0n) is 8.81. The van der Waals surface area contributed by atoms with Crippen molar-refractivity contribution in [2.75, 3.05) is 6.26 Å². The van der Waals surface area contributed by atoms with Crippen LogP contribution in [0.2, 0.25) is 0 Å². The highest BCUT2D eigenvalue weighted by Gasteiger charge is 2.09. The summed E-state index contributed by atoms with van der Waals surface area (Å²) < 4.78 is 26.4. The van der Waals surface area contributed by atoms with Crippen LogP contribution in [0.4, 0.5) is 8.78 Å². The van der Waals surface area contributed by atoms with Gasteiger partial charge in [0, 0.05) is 5.56 Å². The highest BCUT2D eigenvalue weighted by atomic mass is 32.2. The van der Waals surface area contributed by atoms with Gasteiger partial charge >= 0.3 is 0 Å². The summed E-state index contributed by atoms with van der Waals surface area (Å²) in [5.74, 6) is -1.45. The molecule has 1 N–H and O–H groups in total. The normalized spacial score (nSPS) is 11.4. The summed E-state index contributed by atoms with van der Waals surface area (Å²) in [7, 11) is 0. The topological polar surface area (TPSA) is 67.5 Å². The van der Waals surface area contributed by atoms with E-state index in [2.05, 4.69) is 4.99 Å². The Bertz CT molecular complexity index is 434. The zero-order valence-corrected chi connectivity index (χ0v) is 9.63. The number of thioether (sulfide) groups is 1. The Hall–Kier alpha value is -1.70. The van der Waals surface area contributed by atoms with Gasteiger partial charge in [0.25, 0.3) is 0 Å². The number of hydrogen-bond acceptors (Lipinski definition) is 4. The predicted octanol–water partition coefficient (Wildman–Crippen LogP) is 1.97. The van der Waals surface area contributed by atoms with E-state index in [1.165, 1.54) is 6.07 Å². The summed E-state index contributed by atoms with van der Waals surface area (Å²) in [4.78, 5) is 13.9. The van der Waals surface area contributed by atoms with Crippen LogP contribution in [0.15, 0.2) is 23.2 Å². The van der Waals surface area contributed by atoms with E-state index in [9.17, 15) is 18.9 Å². The Kier molecular flexibility index (Phi) is 4.83. The summed E-state index contributed by atoms with van der Waals surface area (Å²) in [6, 6.07) is 3.45. The maximum Gasteiger partial charge on any atom is 0.220 e. The molecule has 0 bridgehead atoms. The molecule has 0 radical (unpaired) electrons. The molecule has 5 nitrogen and oxygen atoms in total. The van der Waals surface area contributed by atoms with Gasteiger partial charge in [-0.1, -0.05) is 23.3 Å². The second kappa shape index (κ2) is 6.14. The minimum atomic E-state index is -0.785. The third-order valence-electron chi connectivity index (χ3n) is 1.82. The maximum absolute atomic E-state index is 13.2. The lowest BCUT2D eigenvalue weighted by molar-refractivity contribution is -0.524. The highest BCUT2D eigenvalue weighted by molar-refractivity contribution is 8.13. The molecular formula is C9H9F2N3O2S. The minimum absolute atomic E-state index is 0.0161. The first-order chi connectivity index (χ1) is 8.04. The van der Waals surface area contributed by atoms with Crippen molar-refractivity contribution < 1.29 is 13.8 Å². The van der Waals surface area contributed by atoms with Gasteiger partial charge in [-0.25, -0.2) is 18.9 Å². The van der Waals surface area contributed by atoms with Gasteiger partial charge in [-0.15, -0.1) is 0 Å². The van der Waals surface area contributed by atoms with E-state index in [4.69, 9.17) is 0 Å². The number of nitrogens with zero attached hydrogens (tertiary/aromatic N) is 2. The van der Waals surface area contributed by atoms with Crippen molar-refractivity contribution >= 4 is 16.9 Å². The monoisotopic (exact) mass is 261 g/mol. The summed E-state index contributed by atoms with van der Waals surface area (Å²) in [6.45, 7) is -0.296. The van der Waals surface area contributed by atoms with Crippen LogP contribution >= 0.6 is 11.8 Å². The van der Waals surface area contributed by atoms with E-state index >= 15 is 0 Å². The van der Waals surface area contributed by atoms with Crippen molar-refractivity contribution in [3.63, 3.8) is 0 Å². The lowest BCUT2D eigenvalue weighted by Gasteiger charge is -2.02. The number of nitrogens with one attached hydrogen (secondary N) is 1. The second-order valence-corrected chi connectivity index (χ2v) is 3.69. The Morgan fingerprint density at radius 3 is 2.59 bits per heavy atom. The molecule has 0 atom stereocenters. The second-order valence-electron chi connectivity index (χ2n) is 2.89. The molecule has 92 valence electrons. The molecule has 0 saturated carbocycles. The molecule has 0 aliphatic rings. The van der Waals surface area contributed by atoms with Gasteiger partial charge in [0.1, 0.15) is 11.6 Å². The smallest absolute Gasteiger partial charge is 0.220 e. The van der Waals surface area contributed by atoms with Crippen LogP contribution in [-0.2, 0) is 6.54 Å². The molecule has 0 heterocycles. The van der Waals surface area contributed by atoms with E-state index in [-0.39, 0.29) is 17.3 Å². The average Bonchev–Trinajstić information content (AvgIpc) is 2.26. The molecule has 1 aromatic rings. The van der Waals surface area contributed by atoms with Crippen LogP contribution in [0.5, 0.6) is 0 Å². The molecule has 1 rings (SSSR count). The molecule has 17 heavy (non-hydrogen) atoms. The summed E-state index contributed by atoms with van der Waals surface area (Å²) in [5.41, 5.74) is 1.61. The lowest BCUT2D eigenvalue weighted by atomic mass is 10.2. The number of nitro groups is 1. The first-order valence-corrected chi connectivity index (χ1v) is 5.69. The molecule has 8 heteroatoms. The fraction of sp³-hybridized carbons (Fsp3) is 0.222. The van der Waals surface area contributed by atoms with Gasteiger partial charge in [0.05, 0.1) is 6.54 Å². The lowest BCUT2D eigenvalue weighted by Crippen LogP contribution is -2.26. The van der Waals surface area contributed by atoms with Gasteiger partial charge in [-0.3, -0.25) is 4.99 Å². The molecule has 0 aliphatic heterocycles. The maximum atomic E-state index is 13.2. The Morgan fingerprint density at radius 1 is 1.53 bits per heavy atom. The van der Waals surface area contributed by atoms with Crippen molar-refractivity contribution in [2.24, 2.45) is 4.99 Å². The molecule has 0 fully saturated rings. The number of hydrogen-bond donors (Lipinski definition) is 1. The third-order valence-corrected chi connectivity index (χ3v) is 2.43. The van der Waals surface area contributed by atoms with E-state index in [0.717, 1.165) is 23.9 Å². The van der Waals surface area contributed by atoms with Crippen LogP contribution in [0.1, 0.15) is 5.56 Å². The van der Waals surface area contributed by atoms with Crippen LogP contribution in [0.25, 0.3) is 0 Å². The van der Waals surface area contributed by atoms with Crippen LogP contribution in [0, 0.1) is 21.7 Å². The fourth-order valence-electron chi connectivity index (χ4n) is 1.06. The molecule has 0 unspecified atom stereocenters. The van der Waals surface area contributed by atoms with Crippen LogP contribution in [0.3, 0.4) is 0 Å². The van der Waals surface area contributed by atoms with Gasteiger partial charge in [0.2, 0.25) is 5.17 Å². The van der Waals surface area contributed by atoms with Crippen molar-refractivity contribution in [1.29, 1.82) is 0 Å². The standard InChI is InChI=1S/C9H9F2N3O2S/c1-17-9(13-14(15)16)12-5-6-7(10)3-2-4-8(6)11/h2-4H,5H2,1H3,(H,12,13). The molecule has 0 amide bonds. The van der Waals surface area contributed by atoms with Gasteiger partial charge < -0.3 is 0 Å².